The zero-order valence-electron chi connectivity index (χ0n) is 17.3. The minimum absolute atomic E-state index is 0.00731. The Balaban J connectivity index is 2.04. The molecule has 32 heavy (non-hydrogen) atoms. The van der Waals surface area contributed by atoms with Crippen LogP contribution in [-0.4, -0.2) is 54.7 Å². The topological polar surface area (TPSA) is 133 Å². The van der Waals surface area contributed by atoms with E-state index in [1.54, 1.807) is 28.8 Å². The Morgan fingerprint density at radius 3 is 2.66 bits per heavy atom. The Morgan fingerprint density at radius 1 is 1.22 bits per heavy atom. The number of ether oxygens (including phenoxy) is 2. The number of aliphatic carboxylic acids is 1. The maximum absolute atomic E-state index is 13.2. The van der Waals surface area contributed by atoms with Gasteiger partial charge < -0.3 is 14.6 Å². The number of hydrogen-bond donors (Lipinski definition) is 2. The summed E-state index contributed by atoms with van der Waals surface area (Å²) in [5, 5.41) is 17.4. The van der Waals surface area contributed by atoms with E-state index in [9.17, 15) is 13.2 Å². The Labute approximate surface area is 188 Å². The molecule has 3 aromatic rings. The van der Waals surface area contributed by atoms with Crippen LogP contribution >= 0.6 is 11.8 Å². The van der Waals surface area contributed by atoms with Gasteiger partial charge in [0.15, 0.2) is 16.7 Å². The highest BCUT2D eigenvalue weighted by Crippen LogP contribution is 2.37. The molecule has 0 aliphatic heterocycles. The average Bonchev–Trinajstić information content (AvgIpc) is 3.25. The Kier molecular flexibility index (Phi) is 7.05. The van der Waals surface area contributed by atoms with Crippen molar-refractivity contribution in [3.05, 3.63) is 54.4 Å². The summed E-state index contributed by atoms with van der Waals surface area (Å²) in [6, 6.07) is 9.51. The lowest BCUT2D eigenvalue weighted by Crippen LogP contribution is -2.15. The van der Waals surface area contributed by atoms with E-state index in [2.05, 4.69) is 14.9 Å². The number of hydrogen-bond acceptors (Lipinski definition) is 8. The van der Waals surface area contributed by atoms with Gasteiger partial charge >= 0.3 is 5.97 Å². The standard InChI is InChI=1S/C20H20N4O6S2/c1-29-16-9-13(7-8-18(25)26)10-17(19(16)30-2)32(27,28)23-14-5-4-6-15(11-14)24-12-21-22-20(24)31-3/h4-12,23H,1-3H3,(H,25,26). The number of methoxy groups -OCH3 is 2. The van der Waals surface area contributed by atoms with Crippen molar-refractivity contribution >= 4 is 39.5 Å². The fraction of sp³-hybridized carbons (Fsp3) is 0.150. The average molecular weight is 477 g/mol. The number of benzene rings is 2. The second kappa shape index (κ2) is 9.75. The third kappa shape index (κ3) is 5.03. The summed E-state index contributed by atoms with van der Waals surface area (Å²) in [6.07, 6.45) is 5.56. The van der Waals surface area contributed by atoms with E-state index in [4.69, 9.17) is 14.6 Å². The molecule has 0 aliphatic carbocycles. The quantitative estimate of drug-likeness (QED) is 0.353. The lowest BCUT2D eigenvalue weighted by molar-refractivity contribution is -0.131. The summed E-state index contributed by atoms with van der Waals surface area (Å²) in [4.78, 5) is 10.7. The van der Waals surface area contributed by atoms with Crippen LogP contribution < -0.4 is 14.2 Å². The van der Waals surface area contributed by atoms with Crippen LogP contribution in [0.2, 0.25) is 0 Å². The number of thioether (sulfide) groups is 1. The van der Waals surface area contributed by atoms with Crippen molar-refractivity contribution in [2.75, 3.05) is 25.2 Å². The normalized spacial score (nSPS) is 11.5. The molecule has 0 saturated heterocycles. The van der Waals surface area contributed by atoms with E-state index in [1.165, 1.54) is 50.5 Å². The number of aromatic nitrogens is 3. The molecule has 3 rings (SSSR count). The van der Waals surface area contributed by atoms with Gasteiger partial charge in [-0.1, -0.05) is 17.8 Å². The fourth-order valence-corrected chi connectivity index (χ4v) is 4.63. The van der Waals surface area contributed by atoms with Crippen LogP contribution in [0.15, 0.2) is 58.9 Å². The van der Waals surface area contributed by atoms with Crippen molar-refractivity contribution in [2.45, 2.75) is 10.1 Å². The van der Waals surface area contributed by atoms with Gasteiger partial charge in [0.2, 0.25) is 0 Å². The maximum Gasteiger partial charge on any atom is 0.328 e. The number of nitrogens with one attached hydrogen (secondary N) is 1. The molecule has 0 spiro atoms. The SMILES string of the molecule is COc1cc(C=CC(=O)O)cc(S(=O)(=O)Nc2cccc(-n3cnnc3SC)c2)c1OC. The third-order valence-corrected chi connectivity index (χ3v) is 6.28. The first-order chi connectivity index (χ1) is 15.3. The number of carboxylic acid groups (broad SMARTS) is 1. The number of carbonyl (C=O) groups is 1. The van der Waals surface area contributed by atoms with Crippen molar-refractivity contribution in [1.29, 1.82) is 0 Å². The molecule has 1 heterocycles. The molecule has 12 heteroatoms. The first-order valence-electron chi connectivity index (χ1n) is 9.03. The van der Waals surface area contributed by atoms with Gasteiger partial charge in [0.25, 0.3) is 10.0 Å². The summed E-state index contributed by atoms with van der Waals surface area (Å²) < 4.78 is 41.3. The van der Waals surface area contributed by atoms with E-state index in [0.717, 1.165) is 6.08 Å². The molecule has 0 bridgehead atoms. The molecule has 2 aromatic carbocycles. The summed E-state index contributed by atoms with van der Waals surface area (Å²) in [5.41, 5.74) is 1.28. The van der Waals surface area contributed by atoms with Crippen LogP contribution in [0.3, 0.4) is 0 Å². The maximum atomic E-state index is 13.2. The predicted molar refractivity (Wildman–Crippen MR) is 120 cm³/mol. The zero-order chi connectivity index (χ0) is 23.3. The Hall–Kier alpha value is -3.51. The summed E-state index contributed by atoms with van der Waals surface area (Å²) in [7, 11) is -1.45. The van der Waals surface area contributed by atoms with Gasteiger partial charge in [-0.25, -0.2) is 13.2 Å². The van der Waals surface area contributed by atoms with Crippen LogP contribution in [0.25, 0.3) is 11.8 Å². The predicted octanol–water partition coefficient (Wildman–Crippen LogP) is 2.91. The first-order valence-corrected chi connectivity index (χ1v) is 11.7. The van der Waals surface area contributed by atoms with E-state index in [0.29, 0.717) is 22.1 Å². The summed E-state index contributed by atoms with van der Waals surface area (Å²) in [5.74, 6) is -1.03. The minimum Gasteiger partial charge on any atom is -0.493 e. The van der Waals surface area contributed by atoms with Gasteiger partial charge in [-0.2, -0.15) is 0 Å². The van der Waals surface area contributed by atoms with E-state index >= 15 is 0 Å². The molecule has 168 valence electrons. The van der Waals surface area contributed by atoms with Crippen molar-refractivity contribution in [3.8, 4) is 17.2 Å². The molecule has 0 atom stereocenters. The molecule has 2 N–H and O–H groups in total. The Morgan fingerprint density at radius 2 is 2.00 bits per heavy atom. The first kappa shape index (κ1) is 23.2. The second-order valence-corrected chi connectivity index (χ2v) is 8.69. The monoisotopic (exact) mass is 476 g/mol. The van der Waals surface area contributed by atoms with Crippen molar-refractivity contribution in [2.24, 2.45) is 0 Å². The Bertz CT molecular complexity index is 1270. The molecule has 0 unspecified atom stereocenters. The minimum atomic E-state index is -4.13. The van der Waals surface area contributed by atoms with Gasteiger partial charge in [0.1, 0.15) is 11.2 Å². The van der Waals surface area contributed by atoms with E-state index in [1.807, 2.05) is 6.26 Å². The van der Waals surface area contributed by atoms with Gasteiger partial charge in [0.05, 0.1) is 25.6 Å². The molecule has 0 radical (unpaired) electrons. The van der Waals surface area contributed by atoms with Crippen molar-refractivity contribution < 1.29 is 27.8 Å². The smallest absolute Gasteiger partial charge is 0.328 e. The number of nitrogens with zero attached hydrogens (tertiary/aromatic N) is 3. The van der Waals surface area contributed by atoms with Crippen LogP contribution in [-0.2, 0) is 14.8 Å². The van der Waals surface area contributed by atoms with Crippen molar-refractivity contribution in [3.63, 3.8) is 0 Å². The molecule has 0 saturated carbocycles. The molecule has 0 aliphatic rings. The van der Waals surface area contributed by atoms with Gasteiger partial charge in [0, 0.05) is 6.08 Å². The number of rotatable bonds is 9. The van der Waals surface area contributed by atoms with Crippen LogP contribution in [0.1, 0.15) is 5.56 Å². The van der Waals surface area contributed by atoms with Gasteiger partial charge in [-0.3, -0.25) is 9.29 Å². The molecular formula is C20H20N4O6S2. The molecule has 0 fully saturated rings. The largest absolute Gasteiger partial charge is 0.493 e. The highest BCUT2D eigenvalue weighted by molar-refractivity contribution is 7.98. The lowest BCUT2D eigenvalue weighted by atomic mass is 10.2. The number of anilines is 1. The molecule has 0 amide bonds. The summed E-state index contributed by atoms with van der Waals surface area (Å²) in [6.45, 7) is 0. The van der Waals surface area contributed by atoms with Crippen LogP contribution in [0, 0.1) is 0 Å². The van der Waals surface area contributed by atoms with Crippen LogP contribution in [0.5, 0.6) is 11.5 Å². The molecule has 1 aromatic heterocycles. The van der Waals surface area contributed by atoms with E-state index < -0.39 is 16.0 Å². The fourth-order valence-electron chi connectivity index (χ4n) is 2.88. The second-order valence-electron chi connectivity index (χ2n) is 6.27. The number of sulfonamides is 1. The highest BCUT2D eigenvalue weighted by Gasteiger charge is 2.24. The van der Waals surface area contributed by atoms with Crippen molar-refractivity contribution in [1.82, 2.24) is 14.8 Å². The summed E-state index contributed by atoms with van der Waals surface area (Å²) >= 11 is 1.40. The highest BCUT2D eigenvalue weighted by atomic mass is 32.2. The van der Waals surface area contributed by atoms with Crippen LogP contribution in [0.4, 0.5) is 5.69 Å². The third-order valence-electron chi connectivity index (χ3n) is 4.25. The van der Waals surface area contributed by atoms with Gasteiger partial charge in [-0.05, 0) is 48.2 Å². The number of carboxylic acids is 1. The molecular weight excluding hydrogens is 456 g/mol. The zero-order valence-corrected chi connectivity index (χ0v) is 19.0. The van der Waals surface area contributed by atoms with Gasteiger partial charge in [-0.15, -0.1) is 10.2 Å². The molecule has 10 nitrogen and oxygen atoms in total. The van der Waals surface area contributed by atoms with E-state index in [-0.39, 0.29) is 16.4 Å². The lowest BCUT2D eigenvalue weighted by Gasteiger charge is -2.16.